The quantitative estimate of drug-likeness (QED) is 0.854. The number of halogens is 1. The summed E-state index contributed by atoms with van der Waals surface area (Å²) in [5.41, 5.74) is 3.16. The van der Waals surface area contributed by atoms with E-state index in [0.717, 1.165) is 16.9 Å². The van der Waals surface area contributed by atoms with Gasteiger partial charge in [-0.2, -0.15) is 5.10 Å². The lowest BCUT2D eigenvalue weighted by molar-refractivity contribution is 0.736. The number of rotatable bonds is 3. The molecule has 1 aromatic carbocycles. The topological polar surface area (TPSA) is 41.9 Å². The summed E-state index contributed by atoms with van der Waals surface area (Å²) in [6.45, 7) is 2.68. The van der Waals surface area contributed by atoms with Gasteiger partial charge >= 0.3 is 0 Å². The summed E-state index contributed by atoms with van der Waals surface area (Å²) in [5, 5.41) is 11.7. The average molecular weight is 295 g/mol. The van der Waals surface area contributed by atoms with Crippen LogP contribution < -0.4 is 10.6 Å². The summed E-state index contributed by atoms with van der Waals surface area (Å²) in [4.78, 5) is 0. The van der Waals surface area contributed by atoms with Crippen molar-refractivity contribution in [3.63, 3.8) is 0 Å². The molecule has 2 N–H and O–H groups in total. The Labute approximate surface area is 122 Å². The summed E-state index contributed by atoms with van der Waals surface area (Å²) in [5.74, 6) is 0. The first-order chi connectivity index (χ1) is 9.06. The number of benzene rings is 1. The molecule has 2 aromatic rings. The molecule has 0 saturated carbocycles. The third-order valence-electron chi connectivity index (χ3n) is 2.88. The molecule has 6 heteroatoms. The largest absolute Gasteiger partial charge is 0.358 e. The number of aryl methyl sites for hydroxylation is 1. The average Bonchev–Trinajstić information content (AvgIpc) is 2.70. The number of hydrogen-bond donors (Lipinski definition) is 2. The van der Waals surface area contributed by atoms with E-state index in [9.17, 15) is 0 Å². The van der Waals surface area contributed by atoms with Crippen molar-refractivity contribution >= 4 is 34.6 Å². The predicted octanol–water partition coefficient (Wildman–Crippen LogP) is 2.87. The van der Waals surface area contributed by atoms with Crippen molar-refractivity contribution in [2.75, 3.05) is 5.32 Å². The fourth-order valence-corrected chi connectivity index (χ4v) is 1.92. The summed E-state index contributed by atoms with van der Waals surface area (Å²) in [7, 11) is 1.92. The molecule has 19 heavy (non-hydrogen) atoms. The SMILES string of the molecule is Cc1c(CNC(=S)Nc2ccc(Cl)cc2)cnn1C. The summed E-state index contributed by atoms with van der Waals surface area (Å²) >= 11 is 11.1. The standard InChI is InChI=1S/C13H15ClN4S/c1-9-10(8-16-18(9)2)7-15-13(19)17-12-5-3-11(14)4-6-12/h3-6,8H,7H2,1-2H3,(H2,15,17,19). The Kier molecular flexibility index (Phi) is 4.39. The summed E-state index contributed by atoms with van der Waals surface area (Å²) < 4.78 is 1.84. The van der Waals surface area contributed by atoms with Crippen LogP contribution in [0, 0.1) is 6.92 Å². The Bertz CT molecular complexity index is 577. The van der Waals surface area contributed by atoms with Gasteiger partial charge in [0.25, 0.3) is 0 Å². The second kappa shape index (κ2) is 6.04. The van der Waals surface area contributed by atoms with Crippen LogP contribution in [0.4, 0.5) is 5.69 Å². The van der Waals surface area contributed by atoms with E-state index < -0.39 is 0 Å². The smallest absolute Gasteiger partial charge is 0.171 e. The second-order valence-corrected chi connectivity index (χ2v) is 5.04. The molecule has 0 bridgehead atoms. The Hall–Kier alpha value is -1.59. The van der Waals surface area contributed by atoms with Crippen molar-refractivity contribution in [1.82, 2.24) is 15.1 Å². The van der Waals surface area contributed by atoms with Gasteiger partial charge in [-0.25, -0.2) is 0 Å². The number of nitrogens with zero attached hydrogens (tertiary/aromatic N) is 2. The molecule has 0 atom stereocenters. The lowest BCUT2D eigenvalue weighted by Gasteiger charge is -2.10. The van der Waals surface area contributed by atoms with Gasteiger partial charge in [-0.1, -0.05) is 11.6 Å². The van der Waals surface area contributed by atoms with Crippen molar-refractivity contribution in [3.05, 3.63) is 46.7 Å². The minimum absolute atomic E-state index is 0.575. The van der Waals surface area contributed by atoms with Crippen molar-refractivity contribution in [3.8, 4) is 0 Å². The molecular formula is C13H15ClN4S. The van der Waals surface area contributed by atoms with Gasteiger partial charge in [0, 0.05) is 35.6 Å². The van der Waals surface area contributed by atoms with Gasteiger partial charge in [-0.15, -0.1) is 0 Å². The Morgan fingerprint density at radius 1 is 1.37 bits per heavy atom. The first-order valence-corrected chi connectivity index (χ1v) is 6.63. The van der Waals surface area contributed by atoms with E-state index in [-0.39, 0.29) is 0 Å². The Morgan fingerprint density at radius 3 is 2.63 bits per heavy atom. The zero-order valence-electron chi connectivity index (χ0n) is 10.8. The fraction of sp³-hybridized carbons (Fsp3) is 0.231. The van der Waals surface area contributed by atoms with E-state index in [1.165, 1.54) is 0 Å². The number of aromatic nitrogens is 2. The predicted molar refractivity (Wildman–Crippen MR) is 82.5 cm³/mol. The third kappa shape index (κ3) is 3.68. The molecular weight excluding hydrogens is 280 g/mol. The van der Waals surface area contributed by atoms with Crippen molar-refractivity contribution < 1.29 is 0 Å². The van der Waals surface area contributed by atoms with E-state index in [0.29, 0.717) is 16.7 Å². The van der Waals surface area contributed by atoms with E-state index >= 15 is 0 Å². The van der Waals surface area contributed by atoms with Gasteiger partial charge in [0.2, 0.25) is 0 Å². The zero-order chi connectivity index (χ0) is 13.8. The second-order valence-electron chi connectivity index (χ2n) is 4.19. The molecule has 4 nitrogen and oxygen atoms in total. The van der Waals surface area contributed by atoms with Gasteiger partial charge in [0.15, 0.2) is 5.11 Å². The number of nitrogens with one attached hydrogen (secondary N) is 2. The van der Waals surface area contributed by atoms with Crippen LogP contribution >= 0.6 is 23.8 Å². The van der Waals surface area contributed by atoms with Crippen LogP contribution in [0.1, 0.15) is 11.3 Å². The van der Waals surface area contributed by atoms with Gasteiger partial charge in [-0.05, 0) is 43.4 Å². The molecule has 0 fully saturated rings. The van der Waals surface area contributed by atoms with Gasteiger partial charge in [-0.3, -0.25) is 4.68 Å². The van der Waals surface area contributed by atoms with E-state index in [4.69, 9.17) is 23.8 Å². The Morgan fingerprint density at radius 2 is 2.05 bits per heavy atom. The fourth-order valence-electron chi connectivity index (χ4n) is 1.60. The van der Waals surface area contributed by atoms with Gasteiger partial charge < -0.3 is 10.6 Å². The molecule has 0 aliphatic heterocycles. The summed E-state index contributed by atoms with van der Waals surface area (Å²) in [6.07, 6.45) is 1.84. The molecule has 0 spiro atoms. The van der Waals surface area contributed by atoms with Crippen LogP contribution in [0.25, 0.3) is 0 Å². The van der Waals surface area contributed by atoms with Crippen LogP contribution in [0.15, 0.2) is 30.5 Å². The molecule has 1 aromatic heterocycles. The van der Waals surface area contributed by atoms with Gasteiger partial charge in [0.05, 0.1) is 6.20 Å². The normalized spacial score (nSPS) is 10.3. The maximum absolute atomic E-state index is 5.82. The molecule has 2 rings (SSSR count). The van der Waals surface area contributed by atoms with Crippen molar-refractivity contribution in [1.29, 1.82) is 0 Å². The highest BCUT2D eigenvalue weighted by molar-refractivity contribution is 7.80. The maximum atomic E-state index is 5.82. The minimum atomic E-state index is 0.575. The van der Waals surface area contributed by atoms with Crippen LogP contribution in [0.2, 0.25) is 5.02 Å². The molecule has 1 heterocycles. The van der Waals surface area contributed by atoms with E-state index in [2.05, 4.69) is 15.7 Å². The highest BCUT2D eigenvalue weighted by Gasteiger charge is 2.04. The molecule has 0 amide bonds. The van der Waals surface area contributed by atoms with Crippen LogP contribution in [0.3, 0.4) is 0 Å². The van der Waals surface area contributed by atoms with Gasteiger partial charge in [0.1, 0.15) is 0 Å². The first kappa shape index (κ1) is 13.8. The highest BCUT2D eigenvalue weighted by Crippen LogP contribution is 2.13. The molecule has 100 valence electrons. The van der Waals surface area contributed by atoms with Crippen LogP contribution in [-0.2, 0) is 13.6 Å². The Balaban J connectivity index is 1.88. The first-order valence-electron chi connectivity index (χ1n) is 5.84. The molecule has 0 unspecified atom stereocenters. The van der Waals surface area contributed by atoms with Crippen LogP contribution in [-0.4, -0.2) is 14.9 Å². The van der Waals surface area contributed by atoms with Crippen LogP contribution in [0.5, 0.6) is 0 Å². The minimum Gasteiger partial charge on any atom is -0.358 e. The lowest BCUT2D eigenvalue weighted by atomic mass is 10.2. The zero-order valence-corrected chi connectivity index (χ0v) is 12.3. The molecule has 0 aliphatic rings. The molecule has 0 aliphatic carbocycles. The monoisotopic (exact) mass is 294 g/mol. The number of thiocarbonyl (C=S) groups is 1. The van der Waals surface area contributed by atoms with Crippen molar-refractivity contribution in [2.24, 2.45) is 7.05 Å². The molecule has 0 radical (unpaired) electrons. The summed E-state index contributed by atoms with van der Waals surface area (Å²) in [6, 6.07) is 7.40. The lowest BCUT2D eigenvalue weighted by Crippen LogP contribution is -2.28. The third-order valence-corrected chi connectivity index (χ3v) is 3.38. The van der Waals surface area contributed by atoms with Crippen molar-refractivity contribution in [2.45, 2.75) is 13.5 Å². The highest BCUT2D eigenvalue weighted by atomic mass is 35.5. The maximum Gasteiger partial charge on any atom is 0.171 e. The van der Waals surface area contributed by atoms with E-state index in [1.807, 2.05) is 49.1 Å². The van der Waals surface area contributed by atoms with E-state index in [1.54, 1.807) is 0 Å². The molecule has 0 saturated heterocycles. The number of hydrogen-bond acceptors (Lipinski definition) is 2. The number of anilines is 1.